The molecule has 0 radical (unpaired) electrons. The Bertz CT molecular complexity index is 817. The minimum atomic E-state index is -0.378. The normalized spacial score (nSPS) is 10.7. The lowest BCUT2D eigenvalue weighted by Crippen LogP contribution is -2.30. The predicted molar refractivity (Wildman–Crippen MR) is 83.8 cm³/mol. The number of hydrogen-bond acceptors (Lipinski definition) is 3. The third kappa shape index (κ3) is 3.06. The molecule has 2 aromatic heterocycles. The molecule has 0 atom stereocenters. The van der Waals surface area contributed by atoms with E-state index in [0.717, 1.165) is 29.7 Å². The molecule has 1 amide bonds. The number of nitrogens with zero attached hydrogens (tertiary/aromatic N) is 1. The fourth-order valence-corrected chi connectivity index (χ4v) is 2.28. The molecule has 0 aliphatic heterocycles. The van der Waals surface area contributed by atoms with Gasteiger partial charge < -0.3 is 15.3 Å². The second kappa shape index (κ2) is 6.26. The van der Waals surface area contributed by atoms with Crippen LogP contribution in [0.2, 0.25) is 0 Å². The van der Waals surface area contributed by atoms with Crippen molar-refractivity contribution in [2.24, 2.45) is 0 Å². The molecule has 22 heavy (non-hydrogen) atoms. The van der Waals surface area contributed by atoms with Gasteiger partial charge in [0.05, 0.1) is 11.0 Å². The number of amides is 1. The maximum absolute atomic E-state index is 11.9. The van der Waals surface area contributed by atoms with E-state index in [2.05, 4.69) is 20.3 Å². The molecule has 0 saturated carbocycles. The topological polar surface area (TPSA) is 90.6 Å². The molecule has 0 aliphatic rings. The average molecular weight is 296 g/mol. The van der Waals surface area contributed by atoms with Gasteiger partial charge in [-0.2, -0.15) is 0 Å². The average Bonchev–Trinajstić information content (AvgIpc) is 2.94. The van der Waals surface area contributed by atoms with Gasteiger partial charge in [-0.3, -0.25) is 9.59 Å². The Hall–Kier alpha value is -2.89. The number of benzene rings is 1. The van der Waals surface area contributed by atoms with Gasteiger partial charge in [-0.1, -0.05) is 12.1 Å². The van der Waals surface area contributed by atoms with Crippen LogP contribution in [0.5, 0.6) is 0 Å². The number of rotatable bonds is 5. The number of H-pyrrole nitrogens is 2. The number of aromatic nitrogens is 3. The van der Waals surface area contributed by atoms with Gasteiger partial charge in [-0.25, -0.2) is 4.98 Å². The quantitative estimate of drug-likeness (QED) is 0.625. The van der Waals surface area contributed by atoms with Crippen LogP contribution in [0.1, 0.15) is 22.6 Å². The molecule has 3 rings (SSSR count). The first kappa shape index (κ1) is 14.1. The van der Waals surface area contributed by atoms with E-state index in [-0.39, 0.29) is 17.0 Å². The van der Waals surface area contributed by atoms with Gasteiger partial charge in [-0.15, -0.1) is 0 Å². The van der Waals surface area contributed by atoms with Crippen LogP contribution in [0.3, 0.4) is 0 Å². The molecule has 0 aliphatic carbocycles. The van der Waals surface area contributed by atoms with Gasteiger partial charge in [0.2, 0.25) is 0 Å². The van der Waals surface area contributed by atoms with Crippen molar-refractivity contribution in [3.63, 3.8) is 0 Å². The van der Waals surface area contributed by atoms with Gasteiger partial charge in [-0.05, 0) is 30.7 Å². The largest absolute Gasteiger partial charge is 0.352 e. The zero-order chi connectivity index (χ0) is 15.4. The highest BCUT2D eigenvalue weighted by Gasteiger charge is 2.08. The molecular weight excluding hydrogens is 280 g/mol. The Morgan fingerprint density at radius 2 is 2.05 bits per heavy atom. The van der Waals surface area contributed by atoms with Crippen molar-refractivity contribution in [1.29, 1.82) is 0 Å². The van der Waals surface area contributed by atoms with Crippen LogP contribution in [-0.4, -0.2) is 27.4 Å². The number of carbonyl (C=O) groups is 1. The lowest BCUT2D eigenvalue weighted by atomic mass is 10.2. The second-order valence-electron chi connectivity index (χ2n) is 4.97. The van der Waals surface area contributed by atoms with E-state index in [4.69, 9.17) is 0 Å². The molecule has 112 valence electrons. The van der Waals surface area contributed by atoms with Gasteiger partial charge in [0.15, 0.2) is 0 Å². The third-order valence-corrected chi connectivity index (χ3v) is 3.38. The Labute approximate surface area is 126 Å². The van der Waals surface area contributed by atoms with E-state index in [1.165, 1.54) is 12.3 Å². The van der Waals surface area contributed by atoms with Crippen molar-refractivity contribution in [3.8, 4) is 0 Å². The SMILES string of the molecule is O=C(NCCCc1nc2ccccc2[nH]1)c1ccc[nH]c1=O. The summed E-state index contributed by atoms with van der Waals surface area (Å²) in [4.78, 5) is 33.6. The number of nitrogens with one attached hydrogen (secondary N) is 3. The van der Waals surface area contributed by atoms with E-state index >= 15 is 0 Å². The summed E-state index contributed by atoms with van der Waals surface area (Å²) in [7, 11) is 0. The molecule has 0 bridgehead atoms. The maximum Gasteiger partial charge on any atom is 0.260 e. The van der Waals surface area contributed by atoms with Gasteiger partial charge in [0.25, 0.3) is 11.5 Å². The number of fused-ring (bicyclic) bond motifs is 1. The van der Waals surface area contributed by atoms with E-state index in [0.29, 0.717) is 6.54 Å². The predicted octanol–water partition coefficient (Wildman–Crippen LogP) is 1.61. The van der Waals surface area contributed by atoms with Crippen LogP contribution < -0.4 is 10.9 Å². The summed E-state index contributed by atoms with van der Waals surface area (Å²) in [5.41, 5.74) is 1.71. The number of para-hydroxylation sites is 2. The number of aryl methyl sites for hydroxylation is 1. The summed E-state index contributed by atoms with van der Waals surface area (Å²) in [6.07, 6.45) is 2.98. The van der Waals surface area contributed by atoms with Crippen LogP contribution in [0.15, 0.2) is 47.4 Å². The second-order valence-corrected chi connectivity index (χ2v) is 4.97. The van der Waals surface area contributed by atoms with Crippen molar-refractivity contribution in [2.45, 2.75) is 12.8 Å². The summed E-state index contributed by atoms with van der Waals surface area (Å²) >= 11 is 0. The summed E-state index contributed by atoms with van der Waals surface area (Å²) in [5.74, 6) is 0.541. The van der Waals surface area contributed by atoms with Crippen LogP contribution in [0, 0.1) is 0 Å². The summed E-state index contributed by atoms with van der Waals surface area (Å²) in [5, 5.41) is 2.74. The Balaban J connectivity index is 1.52. The molecule has 6 heteroatoms. The Kier molecular flexibility index (Phi) is 4.00. The molecule has 2 heterocycles. The van der Waals surface area contributed by atoms with Crippen LogP contribution >= 0.6 is 0 Å². The number of aromatic amines is 2. The van der Waals surface area contributed by atoms with Crippen LogP contribution in [0.4, 0.5) is 0 Å². The zero-order valence-corrected chi connectivity index (χ0v) is 11.9. The van der Waals surface area contributed by atoms with E-state index in [1.54, 1.807) is 6.07 Å². The highest BCUT2D eigenvalue weighted by Crippen LogP contribution is 2.11. The fourth-order valence-electron chi connectivity index (χ4n) is 2.28. The van der Waals surface area contributed by atoms with Crippen molar-refractivity contribution >= 4 is 16.9 Å². The first-order valence-corrected chi connectivity index (χ1v) is 7.13. The number of imidazole rings is 1. The molecule has 0 spiro atoms. The van der Waals surface area contributed by atoms with Crippen LogP contribution in [-0.2, 0) is 6.42 Å². The molecule has 0 saturated heterocycles. The number of hydrogen-bond donors (Lipinski definition) is 3. The molecule has 0 unspecified atom stereocenters. The smallest absolute Gasteiger partial charge is 0.260 e. The molecule has 3 N–H and O–H groups in total. The van der Waals surface area contributed by atoms with E-state index < -0.39 is 0 Å². The minimum Gasteiger partial charge on any atom is -0.352 e. The van der Waals surface area contributed by atoms with Gasteiger partial charge in [0, 0.05) is 19.2 Å². The molecule has 6 nitrogen and oxygen atoms in total. The molecular formula is C16H16N4O2. The summed E-state index contributed by atoms with van der Waals surface area (Å²) in [6, 6.07) is 11.0. The van der Waals surface area contributed by atoms with E-state index in [1.807, 2.05) is 24.3 Å². The summed E-state index contributed by atoms with van der Waals surface area (Å²) in [6.45, 7) is 0.490. The van der Waals surface area contributed by atoms with Gasteiger partial charge in [0.1, 0.15) is 11.4 Å². The van der Waals surface area contributed by atoms with Crippen molar-refractivity contribution < 1.29 is 4.79 Å². The third-order valence-electron chi connectivity index (χ3n) is 3.38. The standard InChI is InChI=1S/C16H16N4O2/c21-15-11(5-3-9-17-15)16(22)18-10-4-8-14-19-12-6-1-2-7-13(12)20-14/h1-3,5-7,9H,4,8,10H2,(H,17,21)(H,18,22)(H,19,20). The van der Waals surface area contributed by atoms with Crippen molar-refractivity contribution in [1.82, 2.24) is 20.3 Å². The zero-order valence-electron chi connectivity index (χ0n) is 11.9. The van der Waals surface area contributed by atoms with Crippen LogP contribution in [0.25, 0.3) is 11.0 Å². The highest BCUT2D eigenvalue weighted by atomic mass is 16.2. The van der Waals surface area contributed by atoms with Crippen molar-refractivity contribution in [2.75, 3.05) is 6.54 Å². The number of pyridine rings is 1. The first-order valence-electron chi connectivity index (χ1n) is 7.13. The Morgan fingerprint density at radius 3 is 2.86 bits per heavy atom. The molecule has 1 aromatic carbocycles. The molecule has 3 aromatic rings. The highest BCUT2D eigenvalue weighted by molar-refractivity contribution is 5.93. The monoisotopic (exact) mass is 296 g/mol. The number of carbonyl (C=O) groups excluding carboxylic acids is 1. The fraction of sp³-hybridized carbons (Fsp3) is 0.188. The van der Waals surface area contributed by atoms with E-state index in [9.17, 15) is 9.59 Å². The lowest BCUT2D eigenvalue weighted by Gasteiger charge is -2.03. The van der Waals surface area contributed by atoms with Gasteiger partial charge >= 0.3 is 0 Å². The Morgan fingerprint density at radius 1 is 1.18 bits per heavy atom. The first-order chi connectivity index (χ1) is 10.7. The van der Waals surface area contributed by atoms with Crippen molar-refractivity contribution in [3.05, 3.63) is 64.3 Å². The minimum absolute atomic E-state index is 0.131. The maximum atomic E-state index is 11.9. The molecule has 0 fully saturated rings. The summed E-state index contributed by atoms with van der Waals surface area (Å²) < 4.78 is 0. The lowest BCUT2D eigenvalue weighted by molar-refractivity contribution is 0.0951.